The molecule has 1 aliphatic heterocycles. The highest BCUT2D eigenvalue weighted by Crippen LogP contribution is 2.26. The molecule has 2 aromatic rings. The molecule has 0 unspecified atom stereocenters. The normalized spacial score (nSPS) is 14.4. The third-order valence-electron chi connectivity index (χ3n) is 4.61. The van der Waals surface area contributed by atoms with Gasteiger partial charge >= 0.3 is 0 Å². The summed E-state index contributed by atoms with van der Waals surface area (Å²) in [4.78, 5) is 22.7. The van der Waals surface area contributed by atoms with Crippen LogP contribution in [-0.4, -0.2) is 35.9 Å². The predicted octanol–water partition coefficient (Wildman–Crippen LogP) is 3.21. The monoisotopic (exact) mass is 423 g/mol. The van der Waals surface area contributed by atoms with Crippen LogP contribution in [0.3, 0.4) is 0 Å². The van der Waals surface area contributed by atoms with Crippen molar-refractivity contribution in [1.82, 2.24) is 4.31 Å². The molecule has 28 heavy (non-hydrogen) atoms. The molecule has 1 amide bonds. The van der Waals surface area contributed by atoms with Gasteiger partial charge in [-0.3, -0.25) is 14.9 Å². The van der Waals surface area contributed by atoms with Crippen LogP contribution in [0.1, 0.15) is 28.4 Å². The molecular formula is C18H18ClN3O5S. The molecular weight excluding hydrogens is 406 g/mol. The Morgan fingerprint density at radius 3 is 2.64 bits per heavy atom. The van der Waals surface area contributed by atoms with E-state index < -0.39 is 20.9 Å². The highest BCUT2D eigenvalue weighted by Gasteiger charge is 2.25. The van der Waals surface area contributed by atoms with Gasteiger partial charge in [0.1, 0.15) is 0 Å². The number of sulfonamides is 1. The van der Waals surface area contributed by atoms with E-state index in [1.165, 1.54) is 16.4 Å². The number of nitro benzene ring substituents is 1. The van der Waals surface area contributed by atoms with Gasteiger partial charge in [0.25, 0.3) is 11.6 Å². The second-order valence-electron chi connectivity index (χ2n) is 6.34. The minimum Gasteiger partial charge on any atom is -0.322 e. The standard InChI is InChI=1S/C18H18ClN3O5S/c1-2-28(26,27)21-8-7-12-3-4-14(9-13(12)11-21)20-18(23)16-6-5-15(22(24)25)10-17(16)19/h3-6,9-10H,2,7-8,11H2,1H3,(H,20,23). The van der Waals surface area contributed by atoms with Crippen molar-refractivity contribution < 1.29 is 18.1 Å². The van der Waals surface area contributed by atoms with Crippen LogP contribution in [0.4, 0.5) is 11.4 Å². The highest BCUT2D eigenvalue weighted by molar-refractivity contribution is 7.89. The highest BCUT2D eigenvalue weighted by atomic mass is 35.5. The van der Waals surface area contributed by atoms with E-state index >= 15 is 0 Å². The maximum Gasteiger partial charge on any atom is 0.270 e. The summed E-state index contributed by atoms with van der Waals surface area (Å²) in [7, 11) is -3.29. The Kier molecular flexibility index (Phi) is 5.69. The van der Waals surface area contributed by atoms with Crippen molar-refractivity contribution in [3.05, 3.63) is 68.2 Å². The average Bonchev–Trinajstić information content (AvgIpc) is 2.67. The maximum atomic E-state index is 12.5. The summed E-state index contributed by atoms with van der Waals surface area (Å²) in [6, 6.07) is 8.96. The maximum absolute atomic E-state index is 12.5. The molecule has 8 nitrogen and oxygen atoms in total. The van der Waals surface area contributed by atoms with E-state index in [-0.39, 0.29) is 28.6 Å². The summed E-state index contributed by atoms with van der Waals surface area (Å²) in [5, 5.41) is 13.5. The molecule has 0 spiro atoms. The van der Waals surface area contributed by atoms with Crippen LogP contribution in [0.25, 0.3) is 0 Å². The van der Waals surface area contributed by atoms with Crippen molar-refractivity contribution in [3.63, 3.8) is 0 Å². The second kappa shape index (κ2) is 7.86. The number of fused-ring (bicyclic) bond motifs is 1. The fourth-order valence-electron chi connectivity index (χ4n) is 3.03. The number of hydrogen-bond donors (Lipinski definition) is 1. The number of carbonyl (C=O) groups is 1. The minimum atomic E-state index is -3.29. The molecule has 0 aromatic heterocycles. The van der Waals surface area contributed by atoms with E-state index in [0.717, 1.165) is 17.2 Å². The molecule has 0 saturated heterocycles. The summed E-state index contributed by atoms with van der Waals surface area (Å²) < 4.78 is 25.7. The fourth-order valence-corrected chi connectivity index (χ4v) is 4.36. The van der Waals surface area contributed by atoms with Crippen LogP contribution in [-0.2, 0) is 23.0 Å². The van der Waals surface area contributed by atoms with Crippen LogP contribution in [0.5, 0.6) is 0 Å². The lowest BCUT2D eigenvalue weighted by molar-refractivity contribution is -0.384. The molecule has 0 radical (unpaired) electrons. The Labute approximate surface area is 167 Å². The molecule has 1 N–H and O–H groups in total. The lowest BCUT2D eigenvalue weighted by Crippen LogP contribution is -2.36. The molecule has 2 aromatic carbocycles. The first-order valence-electron chi connectivity index (χ1n) is 8.56. The van der Waals surface area contributed by atoms with Gasteiger partial charge in [0.05, 0.1) is 21.3 Å². The Morgan fingerprint density at radius 1 is 1.25 bits per heavy atom. The zero-order chi connectivity index (χ0) is 20.5. The van der Waals surface area contributed by atoms with Gasteiger partial charge in [-0.25, -0.2) is 8.42 Å². The van der Waals surface area contributed by atoms with E-state index in [2.05, 4.69) is 5.32 Å². The average molecular weight is 424 g/mol. The molecule has 1 aliphatic rings. The molecule has 148 valence electrons. The van der Waals surface area contributed by atoms with Gasteiger partial charge in [-0.2, -0.15) is 4.31 Å². The second-order valence-corrected chi connectivity index (χ2v) is 9.01. The first-order valence-corrected chi connectivity index (χ1v) is 10.5. The molecule has 0 bridgehead atoms. The molecule has 0 aliphatic carbocycles. The van der Waals surface area contributed by atoms with Gasteiger partial charge < -0.3 is 5.32 Å². The minimum absolute atomic E-state index is 0.0233. The third-order valence-corrected chi connectivity index (χ3v) is 6.75. The van der Waals surface area contributed by atoms with Gasteiger partial charge in [0.15, 0.2) is 0 Å². The molecule has 10 heteroatoms. The Bertz CT molecular complexity index is 1060. The van der Waals surface area contributed by atoms with Crippen molar-refractivity contribution >= 4 is 38.9 Å². The van der Waals surface area contributed by atoms with E-state index in [1.54, 1.807) is 19.1 Å². The summed E-state index contributed by atoms with van der Waals surface area (Å²) in [5.74, 6) is -0.467. The number of benzene rings is 2. The van der Waals surface area contributed by atoms with E-state index in [1.807, 2.05) is 6.07 Å². The largest absolute Gasteiger partial charge is 0.322 e. The zero-order valence-corrected chi connectivity index (χ0v) is 16.6. The molecule has 0 saturated carbocycles. The van der Waals surface area contributed by atoms with Gasteiger partial charge in [0.2, 0.25) is 10.0 Å². The molecule has 0 fully saturated rings. The first-order chi connectivity index (χ1) is 13.2. The van der Waals surface area contributed by atoms with Gasteiger partial charge in [0, 0.05) is 30.9 Å². The Hall–Kier alpha value is -2.49. The third kappa shape index (κ3) is 4.16. The van der Waals surface area contributed by atoms with Crippen LogP contribution >= 0.6 is 11.6 Å². The number of halogens is 1. The van der Waals surface area contributed by atoms with Crippen LogP contribution < -0.4 is 5.32 Å². The lowest BCUT2D eigenvalue weighted by atomic mass is 10.0. The SMILES string of the molecule is CCS(=O)(=O)N1CCc2ccc(NC(=O)c3ccc([N+](=O)[O-])cc3Cl)cc2C1. The topological polar surface area (TPSA) is 110 Å². The van der Waals surface area contributed by atoms with Crippen molar-refractivity contribution in [2.24, 2.45) is 0 Å². The number of hydrogen-bond acceptors (Lipinski definition) is 5. The first kappa shape index (κ1) is 20.2. The fraction of sp³-hybridized carbons (Fsp3) is 0.278. The quantitative estimate of drug-likeness (QED) is 0.586. The number of nitrogens with one attached hydrogen (secondary N) is 1. The summed E-state index contributed by atoms with van der Waals surface area (Å²) in [6.45, 7) is 2.30. The van der Waals surface area contributed by atoms with Crippen molar-refractivity contribution in [1.29, 1.82) is 0 Å². The van der Waals surface area contributed by atoms with E-state index in [4.69, 9.17) is 11.6 Å². The molecule has 1 heterocycles. The van der Waals surface area contributed by atoms with E-state index in [9.17, 15) is 23.3 Å². The lowest BCUT2D eigenvalue weighted by Gasteiger charge is -2.28. The van der Waals surface area contributed by atoms with Crippen molar-refractivity contribution in [2.75, 3.05) is 17.6 Å². The number of nitro groups is 1. The van der Waals surface area contributed by atoms with Gasteiger partial charge in [-0.1, -0.05) is 17.7 Å². The number of rotatable bonds is 5. The predicted molar refractivity (Wildman–Crippen MR) is 106 cm³/mol. The van der Waals surface area contributed by atoms with Crippen molar-refractivity contribution in [2.45, 2.75) is 19.9 Å². The summed E-state index contributed by atoms with van der Waals surface area (Å²) in [6.07, 6.45) is 0.608. The van der Waals surface area contributed by atoms with Crippen molar-refractivity contribution in [3.8, 4) is 0 Å². The number of amides is 1. The number of nitrogens with zero attached hydrogens (tertiary/aromatic N) is 2. The molecule has 0 atom stereocenters. The summed E-state index contributed by atoms with van der Waals surface area (Å²) in [5.41, 5.74) is 2.27. The smallest absolute Gasteiger partial charge is 0.270 e. The van der Waals surface area contributed by atoms with Gasteiger partial charge in [-0.05, 0) is 42.7 Å². The Balaban J connectivity index is 1.80. The Morgan fingerprint density at radius 2 is 2.00 bits per heavy atom. The number of non-ortho nitro benzene ring substituents is 1. The van der Waals surface area contributed by atoms with Crippen LogP contribution in [0.2, 0.25) is 5.02 Å². The zero-order valence-electron chi connectivity index (χ0n) is 15.0. The van der Waals surface area contributed by atoms with Gasteiger partial charge in [-0.15, -0.1) is 0 Å². The molecule has 3 rings (SSSR count). The number of anilines is 1. The van der Waals surface area contributed by atoms with E-state index in [0.29, 0.717) is 18.7 Å². The summed E-state index contributed by atoms with van der Waals surface area (Å²) >= 11 is 6.00. The van der Waals surface area contributed by atoms with Crippen LogP contribution in [0, 0.1) is 10.1 Å². The van der Waals surface area contributed by atoms with Crippen LogP contribution in [0.15, 0.2) is 36.4 Å². The number of carbonyl (C=O) groups excluding carboxylic acids is 1.